The summed E-state index contributed by atoms with van der Waals surface area (Å²) < 4.78 is 17.0. The van der Waals surface area contributed by atoms with Crippen LogP contribution in [0.4, 0.5) is 0 Å². The van der Waals surface area contributed by atoms with E-state index < -0.39 is 10.8 Å². The molecule has 0 aromatic carbocycles. The molecule has 1 atom stereocenters. The molecule has 18 heavy (non-hydrogen) atoms. The van der Waals surface area contributed by atoms with Crippen molar-refractivity contribution in [2.45, 2.75) is 37.5 Å². The van der Waals surface area contributed by atoms with Crippen molar-refractivity contribution in [2.75, 3.05) is 12.3 Å². The van der Waals surface area contributed by atoms with Crippen molar-refractivity contribution in [3.8, 4) is 0 Å². The number of carbonyl (C=O) groups is 1. The van der Waals surface area contributed by atoms with Crippen LogP contribution in [0.2, 0.25) is 0 Å². The SMILES string of the molecule is Cc1occc1[S@@](=O)CCNC(=O)C1CCCC1. The monoisotopic (exact) mass is 269 g/mol. The zero-order chi connectivity index (χ0) is 13.0. The van der Waals surface area contributed by atoms with Crippen molar-refractivity contribution >= 4 is 16.7 Å². The first-order chi connectivity index (χ1) is 8.68. The Hall–Kier alpha value is -1.10. The first-order valence-electron chi connectivity index (χ1n) is 6.38. The third-order valence-electron chi connectivity index (χ3n) is 3.37. The van der Waals surface area contributed by atoms with E-state index in [1.807, 2.05) is 0 Å². The predicted octanol–water partition coefficient (Wildman–Crippen LogP) is 2.00. The molecule has 1 N–H and O–H groups in total. The Kier molecular flexibility index (Phi) is 4.58. The zero-order valence-corrected chi connectivity index (χ0v) is 11.4. The molecule has 4 nitrogen and oxygen atoms in total. The van der Waals surface area contributed by atoms with Crippen LogP contribution in [-0.4, -0.2) is 22.4 Å². The van der Waals surface area contributed by atoms with E-state index in [2.05, 4.69) is 5.32 Å². The van der Waals surface area contributed by atoms with Gasteiger partial charge in [0.1, 0.15) is 5.76 Å². The van der Waals surface area contributed by atoms with Crippen molar-refractivity contribution in [3.63, 3.8) is 0 Å². The van der Waals surface area contributed by atoms with Crippen molar-refractivity contribution in [1.29, 1.82) is 0 Å². The average molecular weight is 269 g/mol. The van der Waals surface area contributed by atoms with Gasteiger partial charge in [-0.1, -0.05) is 12.8 Å². The molecule has 1 fully saturated rings. The quantitative estimate of drug-likeness (QED) is 0.889. The number of amides is 1. The Morgan fingerprint density at radius 3 is 2.83 bits per heavy atom. The van der Waals surface area contributed by atoms with Crippen LogP contribution >= 0.6 is 0 Å². The van der Waals surface area contributed by atoms with Gasteiger partial charge in [0.2, 0.25) is 5.91 Å². The van der Waals surface area contributed by atoms with Crippen LogP contribution in [0.25, 0.3) is 0 Å². The molecule has 1 aliphatic carbocycles. The Morgan fingerprint density at radius 2 is 2.22 bits per heavy atom. The van der Waals surface area contributed by atoms with Crippen LogP contribution in [0.5, 0.6) is 0 Å². The summed E-state index contributed by atoms with van der Waals surface area (Å²) >= 11 is 0. The van der Waals surface area contributed by atoms with E-state index in [-0.39, 0.29) is 11.8 Å². The number of furan rings is 1. The third kappa shape index (κ3) is 3.22. The first-order valence-corrected chi connectivity index (χ1v) is 7.70. The highest BCUT2D eigenvalue weighted by atomic mass is 32.2. The van der Waals surface area contributed by atoms with Gasteiger partial charge in [-0.25, -0.2) is 0 Å². The lowest BCUT2D eigenvalue weighted by Crippen LogP contribution is -2.32. The van der Waals surface area contributed by atoms with Crippen LogP contribution in [0.1, 0.15) is 31.4 Å². The molecule has 0 saturated heterocycles. The first kappa shape index (κ1) is 13.3. The second-order valence-corrected chi connectivity index (χ2v) is 6.20. The van der Waals surface area contributed by atoms with Gasteiger partial charge in [0.15, 0.2) is 0 Å². The van der Waals surface area contributed by atoms with Crippen LogP contribution in [0, 0.1) is 12.8 Å². The summed E-state index contributed by atoms with van der Waals surface area (Å²) in [7, 11) is -1.09. The molecule has 5 heteroatoms. The normalized spacial score (nSPS) is 17.8. The Bertz CT molecular complexity index is 435. The van der Waals surface area contributed by atoms with Gasteiger partial charge < -0.3 is 9.73 Å². The largest absolute Gasteiger partial charge is 0.468 e. The summed E-state index contributed by atoms with van der Waals surface area (Å²) in [5, 5.41) is 2.87. The molecule has 1 aliphatic rings. The minimum Gasteiger partial charge on any atom is -0.468 e. The van der Waals surface area contributed by atoms with Gasteiger partial charge in [-0.05, 0) is 25.8 Å². The van der Waals surface area contributed by atoms with Gasteiger partial charge in [-0.3, -0.25) is 9.00 Å². The lowest BCUT2D eigenvalue weighted by Gasteiger charge is -2.09. The van der Waals surface area contributed by atoms with E-state index in [9.17, 15) is 9.00 Å². The van der Waals surface area contributed by atoms with Crippen LogP contribution in [0.3, 0.4) is 0 Å². The van der Waals surface area contributed by atoms with Crippen molar-refractivity contribution < 1.29 is 13.4 Å². The highest BCUT2D eigenvalue weighted by molar-refractivity contribution is 7.85. The van der Waals surface area contributed by atoms with Crippen LogP contribution in [-0.2, 0) is 15.6 Å². The molecular weight excluding hydrogens is 250 g/mol. The van der Waals surface area contributed by atoms with Crippen molar-refractivity contribution in [2.24, 2.45) is 5.92 Å². The average Bonchev–Trinajstić information content (AvgIpc) is 2.99. The summed E-state index contributed by atoms with van der Waals surface area (Å²) in [4.78, 5) is 12.5. The minimum atomic E-state index is -1.09. The second kappa shape index (κ2) is 6.18. The molecule has 2 rings (SSSR count). The third-order valence-corrected chi connectivity index (χ3v) is 4.86. The van der Waals surface area contributed by atoms with Gasteiger partial charge in [-0.2, -0.15) is 0 Å². The molecule has 1 saturated carbocycles. The zero-order valence-electron chi connectivity index (χ0n) is 10.6. The molecule has 1 aromatic rings. The lowest BCUT2D eigenvalue weighted by molar-refractivity contribution is -0.124. The fraction of sp³-hybridized carbons (Fsp3) is 0.615. The van der Waals surface area contributed by atoms with E-state index in [0.717, 1.165) is 30.6 Å². The maximum atomic E-state index is 11.9. The number of hydrogen-bond donors (Lipinski definition) is 1. The van der Waals surface area contributed by atoms with E-state index in [4.69, 9.17) is 4.42 Å². The molecule has 0 unspecified atom stereocenters. The summed E-state index contributed by atoms with van der Waals surface area (Å²) in [6, 6.07) is 1.73. The smallest absolute Gasteiger partial charge is 0.223 e. The molecular formula is C13H19NO3S. The number of aryl methyl sites for hydroxylation is 1. The molecule has 0 radical (unpaired) electrons. The summed E-state index contributed by atoms with van der Waals surface area (Å²) in [6.07, 6.45) is 5.83. The Balaban J connectivity index is 1.73. The van der Waals surface area contributed by atoms with Gasteiger partial charge in [0, 0.05) is 18.2 Å². The number of nitrogens with one attached hydrogen (secondary N) is 1. The number of hydrogen-bond acceptors (Lipinski definition) is 3. The molecule has 0 bridgehead atoms. The maximum absolute atomic E-state index is 11.9. The van der Waals surface area contributed by atoms with Gasteiger partial charge in [-0.15, -0.1) is 0 Å². The molecule has 1 aromatic heterocycles. The predicted molar refractivity (Wildman–Crippen MR) is 69.7 cm³/mol. The topological polar surface area (TPSA) is 59.3 Å². The molecule has 0 spiro atoms. The molecule has 100 valence electrons. The molecule has 0 aliphatic heterocycles. The van der Waals surface area contributed by atoms with E-state index in [1.54, 1.807) is 19.3 Å². The maximum Gasteiger partial charge on any atom is 0.223 e. The number of carbonyl (C=O) groups excluding carboxylic acids is 1. The Morgan fingerprint density at radius 1 is 1.50 bits per heavy atom. The van der Waals surface area contributed by atoms with Gasteiger partial charge >= 0.3 is 0 Å². The minimum absolute atomic E-state index is 0.119. The van der Waals surface area contributed by atoms with E-state index in [0.29, 0.717) is 18.1 Å². The standard InChI is InChI=1S/C13H19NO3S/c1-10-12(6-8-17-10)18(16)9-7-14-13(15)11-4-2-3-5-11/h6,8,11H,2-5,7,9H2,1H3,(H,14,15)/t18-/m0/s1. The van der Waals surface area contributed by atoms with Crippen molar-refractivity contribution in [3.05, 3.63) is 18.1 Å². The summed E-state index contributed by atoms with van der Waals surface area (Å²) in [5.41, 5.74) is 0. The lowest BCUT2D eigenvalue weighted by atomic mass is 10.1. The fourth-order valence-electron chi connectivity index (χ4n) is 2.32. The highest BCUT2D eigenvalue weighted by Crippen LogP contribution is 2.24. The fourth-order valence-corrected chi connectivity index (χ4v) is 3.40. The highest BCUT2D eigenvalue weighted by Gasteiger charge is 2.22. The molecule has 1 heterocycles. The second-order valence-electron chi connectivity index (χ2n) is 4.66. The van der Waals surface area contributed by atoms with Crippen LogP contribution in [0.15, 0.2) is 21.6 Å². The van der Waals surface area contributed by atoms with Crippen molar-refractivity contribution in [1.82, 2.24) is 5.32 Å². The Labute approximate surface area is 110 Å². The number of rotatable bonds is 5. The summed E-state index contributed by atoms with van der Waals surface area (Å²) in [6.45, 7) is 2.26. The van der Waals surface area contributed by atoms with E-state index in [1.165, 1.54) is 0 Å². The van der Waals surface area contributed by atoms with Gasteiger partial charge in [0.05, 0.1) is 22.0 Å². The van der Waals surface area contributed by atoms with E-state index >= 15 is 0 Å². The molecule has 1 amide bonds. The summed E-state index contributed by atoms with van der Waals surface area (Å²) in [5.74, 6) is 1.43. The van der Waals surface area contributed by atoms with Crippen LogP contribution < -0.4 is 5.32 Å². The van der Waals surface area contributed by atoms with Gasteiger partial charge in [0.25, 0.3) is 0 Å².